The molecule has 9 aromatic rings. The van der Waals surface area contributed by atoms with Crippen molar-refractivity contribution in [1.82, 2.24) is 14.0 Å². The molecule has 0 bridgehead atoms. The first-order valence-electron chi connectivity index (χ1n) is 14.1. The summed E-state index contributed by atoms with van der Waals surface area (Å²) >= 11 is 0. The fourth-order valence-electron chi connectivity index (χ4n) is 6.62. The summed E-state index contributed by atoms with van der Waals surface area (Å²) in [5.74, 6) is 0. The summed E-state index contributed by atoms with van der Waals surface area (Å²) in [6.07, 6.45) is 0. The van der Waals surface area contributed by atoms with Gasteiger partial charge in [0.2, 0.25) is 0 Å². The van der Waals surface area contributed by atoms with Crippen molar-refractivity contribution >= 4 is 59.9 Å². The lowest BCUT2D eigenvalue weighted by Crippen LogP contribution is -2.25. The minimum Gasteiger partial charge on any atom is -0.262 e. The first-order chi connectivity index (χ1) is 20.8. The Labute approximate surface area is 240 Å². The SMILES string of the molecule is O=c1n(-c2cccc(-c3ccc4c5ccccc5c5ccccc5c4c3)c2)c2ccccc2c2nc3ccccc3n12. The van der Waals surface area contributed by atoms with Crippen molar-refractivity contribution in [2.45, 2.75) is 0 Å². The largest absolute Gasteiger partial charge is 0.339 e. The smallest absolute Gasteiger partial charge is 0.262 e. The van der Waals surface area contributed by atoms with E-state index in [1.165, 1.54) is 32.3 Å². The van der Waals surface area contributed by atoms with Gasteiger partial charge >= 0.3 is 5.69 Å². The van der Waals surface area contributed by atoms with Crippen LogP contribution in [0.5, 0.6) is 0 Å². The van der Waals surface area contributed by atoms with E-state index in [9.17, 15) is 4.79 Å². The lowest BCUT2D eigenvalue weighted by Gasteiger charge is -2.14. The molecule has 0 fully saturated rings. The van der Waals surface area contributed by atoms with Crippen molar-refractivity contribution < 1.29 is 0 Å². The van der Waals surface area contributed by atoms with Crippen LogP contribution in [0.1, 0.15) is 0 Å². The summed E-state index contributed by atoms with van der Waals surface area (Å²) in [6.45, 7) is 0. The third-order valence-electron chi connectivity index (χ3n) is 8.51. The summed E-state index contributed by atoms with van der Waals surface area (Å²) in [5.41, 5.74) is 5.97. The van der Waals surface area contributed by atoms with Gasteiger partial charge in [-0.25, -0.2) is 14.2 Å². The van der Waals surface area contributed by atoms with Gasteiger partial charge in [-0.05, 0) is 85.9 Å². The first kappa shape index (κ1) is 23.0. The number of nitrogens with zero attached hydrogens (tertiary/aromatic N) is 3. The zero-order valence-corrected chi connectivity index (χ0v) is 22.5. The van der Waals surface area contributed by atoms with Gasteiger partial charge in [-0.15, -0.1) is 0 Å². The van der Waals surface area contributed by atoms with Gasteiger partial charge in [0, 0.05) is 5.39 Å². The van der Waals surface area contributed by atoms with Gasteiger partial charge in [0.25, 0.3) is 0 Å². The quantitative estimate of drug-likeness (QED) is 0.207. The molecule has 7 aromatic carbocycles. The summed E-state index contributed by atoms with van der Waals surface area (Å²) < 4.78 is 3.54. The topological polar surface area (TPSA) is 39.3 Å². The fourth-order valence-corrected chi connectivity index (χ4v) is 6.62. The second kappa shape index (κ2) is 8.63. The molecule has 0 spiro atoms. The molecule has 2 aromatic heterocycles. The lowest BCUT2D eigenvalue weighted by molar-refractivity contribution is 0.932. The van der Waals surface area contributed by atoms with Crippen LogP contribution >= 0.6 is 0 Å². The third kappa shape index (κ3) is 3.17. The Morgan fingerprint density at radius 2 is 1.02 bits per heavy atom. The molecular formula is C38H23N3O. The number of hydrogen-bond donors (Lipinski definition) is 0. The summed E-state index contributed by atoms with van der Waals surface area (Å²) in [7, 11) is 0. The second-order valence-corrected chi connectivity index (χ2v) is 10.8. The second-order valence-electron chi connectivity index (χ2n) is 10.8. The number of fused-ring (bicyclic) bond motifs is 11. The number of aromatic nitrogens is 3. The van der Waals surface area contributed by atoms with E-state index < -0.39 is 0 Å². The standard InChI is InChI=1S/C38H23N3O/c42-38-40(35-18-7-5-16-32(35)37-39-34-17-6-8-19-36(34)41(37)38)26-11-9-10-24(22-26)25-20-21-31-29-14-2-1-12-27(29)28-13-3-4-15-30(28)33(31)23-25/h1-23H. The van der Waals surface area contributed by atoms with E-state index in [2.05, 4.69) is 78.9 Å². The van der Waals surface area contributed by atoms with E-state index in [0.717, 1.165) is 38.8 Å². The average Bonchev–Trinajstić information content (AvgIpc) is 3.45. The van der Waals surface area contributed by atoms with Crippen LogP contribution in [0.25, 0.3) is 76.7 Å². The van der Waals surface area contributed by atoms with Gasteiger partial charge < -0.3 is 0 Å². The zero-order chi connectivity index (χ0) is 27.8. The Kier molecular flexibility index (Phi) is 4.73. The molecule has 196 valence electrons. The molecule has 4 heteroatoms. The van der Waals surface area contributed by atoms with Crippen LogP contribution < -0.4 is 5.69 Å². The highest BCUT2D eigenvalue weighted by molar-refractivity contribution is 6.25. The summed E-state index contributed by atoms with van der Waals surface area (Å²) in [5, 5.41) is 8.41. The predicted octanol–water partition coefficient (Wildman–Crippen LogP) is 8.92. The normalized spacial score (nSPS) is 11.9. The van der Waals surface area contributed by atoms with Crippen molar-refractivity contribution in [2.75, 3.05) is 0 Å². The maximum Gasteiger partial charge on any atom is 0.339 e. The molecule has 0 aliphatic rings. The number of para-hydroxylation sites is 3. The predicted molar refractivity (Wildman–Crippen MR) is 174 cm³/mol. The minimum atomic E-state index is -0.134. The number of imidazole rings is 1. The van der Waals surface area contributed by atoms with E-state index in [-0.39, 0.29) is 5.69 Å². The van der Waals surface area contributed by atoms with E-state index >= 15 is 0 Å². The van der Waals surface area contributed by atoms with E-state index in [1.54, 1.807) is 4.40 Å². The van der Waals surface area contributed by atoms with Crippen molar-refractivity contribution in [3.8, 4) is 16.8 Å². The van der Waals surface area contributed by atoms with Crippen LogP contribution in [0, 0.1) is 0 Å². The molecule has 0 N–H and O–H groups in total. The van der Waals surface area contributed by atoms with Crippen LogP contribution in [-0.4, -0.2) is 14.0 Å². The molecule has 2 heterocycles. The van der Waals surface area contributed by atoms with Gasteiger partial charge in [-0.2, -0.15) is 0 Å². The van der Waals surface area contributed by atoms with E-state index in [1.807, 2.05) is 65.2 Å². The number of hydrogen-bond acceptors (Lipinski definition) is 2. The maximum atomic E-state index is 14.2. The Morgan fingerprint density at radius 1 is 0.452 bits per heavy atom. The van der Waals surface area contributed by atoms with Crippen LogP contribution in [0.3, 0.4) is 0 Å². The monoisotopic (exact) mass is 537 g/mol. The van der Waals surface area contributed by atoms with Crippen molar-refractivity contribution in [1.29, 1.82) is 0 Å². The highest BCUT2D eigenvalue weighted by Crippen LogP contribution is 2.37. The third-order valence-corrected chi connectivity index (χ3v) is 8.51. The molecule has 0 saturated carbocycles. The molecule has 42 heavy (non-hydrogen) atoms. The molecule has 0 amide bonds. The van der Waals surface area contributed by atoms with Gasteiger partial charge in [-0.3, -0.25) is 4.57 Å². The lowest BCUT2D eigenvalue weighted by atomic mass is 9.92. The van der Waals surface area contributed by atoms with Crippen LogP contribution in [0.4, 0.5) is 0 Å². The molecule has 0 atom stereocenters. The van der Waals surface area contributed by atoms with Crippen molar-refractivity contribution in [2.24, 2.45) is 0 Å². The van der Waals surface area contributed by atoms with Crippen molar-refractivity contribution in [3.63, 3.8) is 0 Å². The summed E-state index contributed by atoms with van der Waals surface area (Å²) in [6, 6.07) is 48.0. The van der Waals surface area contributed by atoms with E-state index in [4.69, 9.17) is 4.98 Å². The van der Waals surface area contributed by atoms with E-state index in [0.29, 0.717) is 5.65 Å². The van der Waals surface area contributed by atoms with Crippen LogP contribution in [0.2, 0.25) is 0 Å². The fraction of sp³-hybridized carbons (Fsp3) is 0. The molecular weight excluding hydrogens is 514 g/mol. The molecule has 9 rings (SSSR count). The Hall–Kier alpha value is -5.74. The highest BCUT2D eigenvalue weighted by Gasteiger charge is 2.17. The number of benzene rings is 7. The zero-order valence-electron chi connectivity index (χ0n) is 22.5. The molecule has 0 unspecified atom stereocenters. The molecule has 0 aliphatic carbocycles. The Balaban J connectivity index is 1.31. The Bertz CT molecular complexity index is 2570. The molecule has 0 radical (unpaired) electrons. The highest BCUT2D eigenvalue weighted by atomic mass is 16.1. The van der Waals surface area contributed by atoms with Gasteiger partial charge in [-0.1, -0.05) is 97.1 Å². The maximum absolute atomic E-state index is 14.2. The van der Waals surface area contributed by atoms with Crippen LogP contribution in [-0.2, 0) is 0 Å². The van der Waals surface area contributed by atoms with Gasteiger partial charge in [0.1, 0.15) is 0 Å². The molecule has 4 nitrogen and oxygen atoms in total. The average molecular weight is 538 g/mol. The first-order valence-corrected chi connectivity index (χ1v) is 14.1. The number of rotatable bonds is 2. The van der Waals surface area contributed by atoms with Crippen molar-refractivity contribution in [3.05, 3.63) is 150 Å². The molecule has 0 aliphatic heterocycles. The van der Waals surface area contributed by atoms with Crippen LogP contribution in [0.15, 0.2) is 144 Å². The van der Waals surface area contributed by atoms with Gasteiger partial charge in [0.15, 0.2) is 5.65 Å². The minimum absolute atomic E-state index is 0.134. The summed E-state index contributed by atoms with van der Waals surface area (Å²) in [4.78, 5) is 19.0. The Morgan fingerprint density at radius 3 is 1.76 bits per heavy atom. The van der Waals surface area contributed by atoms with Gasteiger partial charge in [0.05, 0.1) is 22.2 Å². The molecule has 0 saturated heterocycles.